The molecule has 1 amide bonds. The second kappa shape index (κ2) is 5.73. The maximum absolute atomic E-state index is 11.8. The number of carbonyl (C=O) groups excluding carboxylic acids is 1. The first-order valence-electron chi connectivity index (χ1n) is 5.79. The van der Waals surface area contributed by atoms with Gasteiger partial charge >= 0.3 is 0 Å². The maximum atomic E-state index is 11.8. The number of thiazole rings is 1. The smallest absolute Gasteiger partial charge is 0.253 e. The highest BCUT2D eigenvalue weighted by Crippen LogP contribution is 2.18. The number of nitrogens with zero attached hydrogens (tertiary/aromatic N) is 2. The van der Waals surface area contributed by atoms with Crippen molar-refractivity contribution in [3.8, 4) is 0 Å². The molecule has 0 spiro atoms. The number of rotatable bonds is 4. The van der Waals surface area contributed by atoms with Gasteiger partial charge in [-0.3, -0.25) is 9.78 Å². The highest BCUT2D eigenvalue weighted by atomic mass is 32.1. The average Bonchev–Trinajstić information content (AvgIpc) is 2.86. The van der Waals surface area contributed by atoms with Crippen LogP contribution in [0.5, 0.6) is 0 Å². The van der Waals surface area contributed by atoms with Crippen molar-refractivity contribution in [2.24, 2.45) is 0 Å². The van der Waals surface area contributed by atoms with E-state index in [0.29, 0.717) is 18.0 Å². The van der Waals surface area contributed by atoms with Crippen molar-refractivity contribution in [1.82, 2.24) is 15.3 Å². The van der Waals surface area contributed by atoms with Crippen molar-refractivity contribution in [2.75, 3.05) is 0 Å². The van der Waals surface area contributed by atoms with Crippen LogP contribution >= 0.6 is 11.3 Å². The number of pyridine rings is 1. The van der Waals surface area contributed by atoms with Crippen LogP contribution in [0.25, 0.3) is 0 Å². The van der Waals surface area contributed by atoms with Crippen molar-refractivity contribution in [3.63, 3.8) is 0 Å². The minimum atomic E-state index is -0.123. The third kappa shape index (κ3) is 3.13. The Labute approximate surface area is 110 Å². The Bertz CT molecular complexity index is 522. The van der Waals surface area contributed by atoms with Gasteiger partial charge in [0.1, 0.15) is 0 Å². The van der Waals surface area contributed by atoms with E-state index >= 15 is 0 Å². The van der Waals surface area contributed by atoms with Gasteiger partial charge in [0.05, 0.1) is 22.8 Å². The van der Waals surface area contributed by atoms with Gasteiger partial charge in [-0.2, -0.15) is 0 Å². The molecule has 2 aromatic heterocycles. The van der Waals surface area contributed by atoms with Gasteiger partial charge in [0.2, 0.25) is 0 Å². The molecule has 94 valence electrons. The zero-order valence-electron chi connectivity index (χ0n) is 10.4. The standard InChI is InChI=1S/C13H15N3OS/c1-9(2)13-16-11(8-18-13)7-15-12(17)10-4-3-5-14-6-10/h3-6,8-9H,7H2,1-2H3,(H,15,17). The number of aromatic nitrogens is 2. The summed E-state index contributed by atoms with van der Waals surface area (Å²) in [4.78, 5) is 20.2. The van der Waals surface area contributed by atoms with E-state index in [9.17, 15) is 4.79 Å². The highest BCUT2D eigenvalue weighted by Gasteiger charge is 2.08. The largest absolute Gasteiger partial charge is 0.346 e. The van der Waals surface area contributed by atoms with Crippen LogP contribution in [0.15, 0.2) is 29.9 Å². The minimum absolute atomic E-state index is 0.123. The molecule has 0 saturated carbocycles. The van der Waals surface area contributed by atoms with Crippen molar-refractivity contribution in [2.45, 2.75) is 26.3 Å². The van der Waals surface area contributed by atoms with E-state index in [-0.39, 0.29) is 5.91 Å². The Morgan fingerprint density at radius 2 is 2.33 bits per heavy atom. The number of nitrogens with one attached hydrogen (secondary N) is 1. The predicted molar refractivity (Wildman–Crippen MR) is 71.6 cm³/mol. The molecule has 4 nitrogen and oxygen atoms in total. The normalized spacial score (nSPS) is 10.6. The first-order valence-corrected chi connectivity index (χ1v) is 6.67. The second-order valence-electron chi connectivity index (χ2n) is 4.26. The Kier molecular flexibility index (Phi) is 4.04. The Balaban J connectivity index is 1.93. The fourth-order valence-electron chi connectivity index (χ4n) is 1.44. The quantitative estimate of drug-likeness (QED) is 0.920. The van der Waals surface area contributed by atoms with Crippen molar-refractivity contribution in [1.29, 1.82) is 0 Å². The molecule has 0 fully saturated rings. The van der Waals surface area contributed by atoms with Crippen LogP contribution in [0.3, 0.4) is 0 Å². The molecule has 0 saturated heterocycles. The molecule has 0 aliphatic rings. The summed E-state index contributed by atoms with van der Waals surface area (Å²) in [5, 5.41) is 5.92. The lowest BCUT2D eigenvalue weighted by Crippen LogP contribution is -2.23. The number of hydrogen-bond donors (Lipinski definition) is 1. The molecule has 0 radical (unpaired) electrons. The van der Waals surface area contributed by atoms with Gasteiger partial charge in [-0.15, -0.1) is 11.3 Å². The van der Waals surface area contributed by atoms with E-state index in [2.05, 4.69) is 29.1 Å². The molecule has 0 aliphatic carbocycles. The molecule has 0 atom stereocenters. The number of amides is 1. The van der Waals surface area contributed by atoms with Crippen LogP contribution in [0, 0.1) is 0 Å². The van der Waals surface area contributed by atoms with Gasteiger partial charge in [-0.05, 0) is 12.1 Å². The first kappa shape index (κ1) is 12.7. The molecule has 0 aliphatic heterocycles. The fourth-order valence-corrected chi connectivity index (χ4v) is 2.27. The molecule has 18 heavy (non-hydrogen) atoms. The molecular weight excluding hydrogens is 246 g/mol. The Morgan fingerprint density at radius 1 is 1.50 bits per heavy atom. The van der Waals surface area contributed by atoms with E-state index in [0.717, 1.165) is 10.7 Å². The first-order chi connectivity index (χ1) is 8.66. The minimum Gasteiger partial charge on any atom is -0.346 e. The van der Waals surface area contributed by atoms with Crippen molar-refractivity contribution >= 4 is 17.2 Å². The molecule has 0 aromatic carbocycles. The molecular formula is C13H15N3OS. The summed E-state index contributed by atoms with van der Waals surface area (Å²) in [6.07, 6.45) is 3.20. The zero-order chi connectivity index (χ0) is 13.0. The highest BCUT2D eigenvalue weighted by molar-refractivity contribution is 7.09. The SMILES string of the molecule is CC(C)c1nc(CNC(=O)c2cccnc2)cs1. The summed E-state index contributed by atoms with van der Waals surface area (Å²) < 4.78 is 0. The van der Waals surface area contributed by atoms with Gasteiger partial charge in [0.25, 0.3) is 5.91 Å². The van der Waals surface area contributed by atoms with Crippen LogP contribution in [-0.2, 0) is 6.54 Å². The third-order valence-corrected chi connectivity index (χ3v) is 3.61. The van der Waals surface area contributed by atoms with E-state index in [1.807, 2.05) is 5.38 Å². The third-order valence-electron chi connectivity index (χ3n) is 2.42. The summed E-state index contributed by atoms with van der Waals surface area (Å²) in [5.41, 5.74) is 1.47. The van der Waals surface area contributed by atoms with E-state index in [1.165, 1.54) is 0 Å². The Hall–Kier alpha value is -1.75. The van der Waals surface area contributed by atoms with Crippen LogP contribution in [0.2, 0.25) is 0 Å². The molecule has 2 aromatic rings. The van der Waals surface area contributed by atoms with Crippen LogP contribution < -0.4 is 5.32 Å². The van der Waals surface area contributed by atoms with Gasteiger partial charge in [0, 0.05) is 23.7 Å². The molecule has 0 bridgehead atoms. The van der Waals surface area contributed by atoms with Crippen LogP contribution in [0.4, 0.5) is 0 Å². The summed E-state index contributed by atoms with van der Waals surface area (Å²) in [7, 11) is 0. The maximum Gasteiger partial charge on any atom is 0.253 e. The van der Waals surface area contributed by atoms with Gasteiger partial charge < -0.3 is 5.32 Å². The summed E-state index contributed by atoms with van der Waals surface area (Å²) in [6.45, 7) is 4.67. The van der Waals surface area contributed by atoms with Crippen molar-refractivity contribution < 1.29 is 4.79 Å². The molecule has 1 N–H and O–H groups in total. The average molecular weight is 261 g/mol. The van der Waals surface area contributed by atoms with E-state index < -0.39 is 0 Å². The monoisotopic (exact) mass is 261 g/mol. The van der Waals surface area contributed by atoms with Gasteiger partial charge in [0.15, 0.2) is 0 Å². The summed E-state index contributed by atoms with van der Waals surface area (Å²) in [5.74, 6) is 0.306. The fraction of sp³-hybridized carbons (Fsp3) is 0.308. The van der Waals surface area contributed by atoms with Crippen LogP contribution in [-0.4, -0.2) is 15.9 Å². The van der Waals surface area contributed by atoms with Crippen LogP contribution in [0.1, 0.15) is 40.8 Å². The van der Waals surface area contributed by atoms with E-state index in [1.54, 1.807) is 35.9 Å². The molecule has 0 unspecified atom stereocenters. The molecule has 2 heterocycles. The topological polar surface area (TPSA) is 54.9 Å². The van der Waals surface area contributed by atoms with Crippen molar-refractivity contribution in [3.05, 3.63) is 46.2 Å². The second-order valence-corrected chi connectivity index (χ2v) is 5.15. The van der Waals surface area contributed by atoms with E-state index in [4.69, 9.17) is 0 Å². The van der Waals surface area contributed by atoms with Gasteiger partial charge in [-0.1, -0.05) is 13.8 Å². The summed E-state index contributed by atoms with van der Waals surface area (Å²) >= 11 is 1.63. The predicted octanol–water partition coefficient (Wildman–Crippen LogP) is 2.59. The Morgan fingerprint density at radius 3 is 2.94 bits per heavy atom. The molecule has 5 heteroatoms. The number of carbonyl (C=O) groups is 1. The summed E-state index contributed by atoms with van der Waals surface area (Å²) in [6, 6.07) is 3.48. The lowest BCUT2D eigenvalue weighted by molar-refractivity contribution is 0.0950. The lowest BCUT2D eigenvalue weighted by Gasteiger charge is -2.02. The van der Waals surface area contributed by atoms with Gasteiger partial charge in [-0.25, -0.2) is 4.98 Å². The zero-order valence-corrected chi connectivity index (χ0v) is 11.2. The molecule has 2 rings (SSSR count). The lowest BCUT2D eigenvalue weighted by atomic mass is 10.2. The number of hydrogen-bond acceptors (Lipinski definition) is 4.